The number of hydrogen-bond donors (Lipinski definition) is 2. The van der Waals surface area contributed by atoms with Gasteiger partial charge in [0.2, 0.25) is 0 Å². The van der Waals surface area contributed by atoms with Gasteiger partial charge in [-0.1, -0.05) is 32.4 Å². The van der Waals surface area contributed by atoms with Crippen molar-refractivity contribution in [1.29, 1.82) is 0 Å². The minimum absolute atomic E-state index is 0. The Kier molecular flexibility index (Phi) is 7.20. The predicted octanol–water partition coefficient (Wildman–Crippen LogP) is 3.18. The molecule has 0 bridgehead atoms. The molecule has 0 saturated carbocycles. The van der Waals surface area contributed by atoms with Crippen molar-refractivity contribution in [1.82, 2.24) is 10.6 Å². The minimum atomic E-state index is 0. The second kappa shape index (κ2) is 8.40. The van der Waals surface area contributed by atoms with Crippen LogP contribution in [0.15, 0.2) is 24.3 Å². The molecule has 1 aromatic rings. The van der Waals surface area contributed by atoms with E-state index in [-0.39, 0.29) is 23.7 Å². The Hall–Kier alpha value is -1.06. The quantitative estimate of drug-likeness (QED) is 0.877. The van der Waals surface area contributed by atoms with Crippen molar-refractivity contribution in [2.24, 2.45) is 5.41 Å². The zero-order valence-corrected chi connectivity index (χ0v) is 13.9. The molecular formula is C17H27ClN2O. The van der Waals surface area contributed by atoms with E-state index >= 15 is 0 Å². The fraction of sp³-hybridized carbons (Fsp3) is 0.588. The first-order chi connectivity index (χ1) is 9.63. The zero-order valence-electron chi connectivity index (χ0n) is 13.1. The van der Waals surface area contributed by atoms with Crippen LogP contribution < -0.4 is 10.6 Å². The molecule has 1 aliphatic rings. The summed E-state index contributed by atoms with van der Waals surface area (Å²) in [5.41, 5.74) is 2.31. The first-order valence-corrected chi connectivity index (χ1v) is 7.71. The van der Waals surface area contributed by atoms with Crippen molar-refractivity contribution in [3.8, 4) is 0 Å². The van der Waals surface area contributed by atoms with Gasteiger partial charge in [0, 0.05) is 12.1 Å². The van der Waals surface area contributed by atoms with E-state index in [1.165, 1.54) is 5.56 Å². The van der Waals surface area contributed by atoms with E-state index in [0.29, 0.717) is 0 Å². The molecule has 1 amide bonds. The lowest BCUT2D eigenvalue weighted by atomic mass is 9.81. The Balaban J connectivity index is 0.00000220. The summed E-state index contributed by atoms with van der Waals surface area (Å²) in [6.07, 6.45) is 4.47. The summed E-state index contributed by atoms with van der Waals surface area (Å²) >= 11 is 0. The van der Waals surface area contributed by atoms with Crippen molar-refractivity contribution in [3.63, 3.8) is 0 Å². The zero-order chi connectivity index (χ0) is 14.4. The van der Waals surface area contributed by atoms with Crippen molar-refractivity contribution in [3.05, 3.63) is 35.4 Å². The third-order valence-electron chi connectivity index (χ3n) is 4.24. The molecule has 0 spiro atoms. The van der Waals surface area contributed by atoms with Crippen LogP contribution in [-0.2, 0) is 6.42 Å². The van der Waals surface area contributed by atoms with Gasteiger partial charge in [-0.3, -0.25) is 4.79 Å². The molecule has 0 aromatic heterocycles. The van der Waals surface area contributed by atoms with Crippen molar-refractivity contribution in [2.75, 3.05) is 19.6 Å². The Labute approximate surface area is 134 Å². The van der Waals surface area contributed by atoms with Crippen LogP contribution in [0.3, 0.4) is 0 Å². The molecule has 0 atom stereocenters. The van der Waals surface area contributed by atoms with Crippen LogP contribution in [0.25, 0.3) is 0 Å². The molecule has 2 N–H and O–H groups in total. The van der Waals surface area contributed by atoms with Gasteiger partial charge in [0.25, 0.3) is 5.91 Å². The molecule has 2 rings (SSSR count). The van der Waals surface area contributed by atoms with Gasteiger partial charge in [-0.05, 0) is 55.5 Å². The Morgan fingerprint density at radius 1 is 1.24 bits per heavy atom. The van der Waals surface area contributed by atoms with E-state index in [9.17, 15) is 4.79 Å². The fourth-order valence-corrected chi connectivity index (χ4v) is 2.71. The summed E-state index contributed by atoms with van der Waals surface area (Å²) in [6, 6.07) is 7.99. The summed E-state index contributed by atoms with van der Waals surface area (Å²) in [4.78, 5) is 12.2. The first-order valence-electron chi connectivity index (χ1n) is 7.71. The average molecular weight is 311 g/mol. The normalized spacial score (nSPS) is 16.9. The van der Waals surface area contributed by atoms with E-state index < -0.39 is 0 Å². The van der Waals surface area contributed by atoms with E-state index in [4.69, 9.17) is 0 Å². The number of carbonyl (C=O) groups excluding carboxylic acids is 1. The molecule has 1 aromatic carbocycles. The second-order valence-electron chi connectivity index (χ2n) is 6.19. The van der Waals surface area contributed by atoms with Gasteiger partial charge < -0.3 is 10.6 Å². The number of piperidine rings is 1. The van der Waals surface area contributed by atoms with Crippen molar-refractivity contribution >= 4 is 18.3 Å². The van der Waals surface area contributed by atoms with Gasteiger partial charge in [0.15, 0.2) is 0 Å². The molecule has 0 aliphatic carbocycles. The number of nitrogens with one attached hydrogen (secondary N) is 2. The van der Waals surface area contributed by atoms with Gasteiger partial charge in [0.1, 0.15) is 0 Å². The van der Waals surface area contributed by atoms with E-state index in [0.717, 1.165) is 50.9 Å². The molecule has 0 radical (unpaired) electrons. The van der Waals surface area contributed by atoms with Crippen LogP contribution >= 0.6 is 12.4 Å². The Morgan fingerprint density at radius 2 is 1.86 bits per heavy atom. The van der Waals surface area contributed by atoms with Crippen LogP contribution in [0, 0.1) is 5.41 Å². The first kappa shape index (κ1) is 18.0. The lowest BCUT2D eigenvalue weighted by Crippen LogP contribution is -2.42. The van der Waals surface area contributed by atoms with Crippen LogP contribution in [0.4, 0.5) is 0 Å². The number of halogens is 1. The topological polar surface area (TPSA) is 41.1 Å². The lowest BCUT2D eigenvalue weighted by Gasteiger charge is -2.34. The Bertz CT molecular complexity index is 439. The maximum Gasteiger partial charge on any atom is 0.251 e. The maximum absolute atomic E-state index is 12.2. The van der Waals surface area contributed by atoms with E-state index in [1.54, 1.807) is 0 Å². The largest absolute Gasteiger partial charge is 0.351 e. The third-order valence-corrected chi connectivity index (χ3v) is 4.24. The van der Waals surface area contributed by atoms with Crippen molar-refractivity contribution in [2.45, 2.75) is 39.5 Å². The van der Waals surface area contributed by atoms with E-state index in [2.05, 4.69) is 36.6 Å². The van der Waals surface area contributed by atoms with Crippen LogP contribution in [0.1, 0.15) is 49.0 Å². The van der Waals surface area contributed by atoms with Gasteiger partial charge in [-0.2, -0.15) is 0 Å². The number of hydrogen-bond acceptors (Lipinski definition) is 2. The summed E-state index contributed by atoms with van der Waals surface area (Å²) in [7, 11) is 0. The molecular weight excluding hydrogens is 284 g/mol. The van der Waals surface area contributed by atoms with Gasteiger partial charge >= 0.3 is 0 Å². The summed E-state index contributed by atoms with van der Waals surface area (Å²) < 4.78 is 0. The SMILES string of the molecule is CCCc1ccc(C(=O)NCC2(C)CCNCC2)cc1.Cl. The number of aryl methyl sites for hydroxylation is 1. The highest BCUT2D eigenvalue weighted by atomic mass is 35.5. The highest BCUT2D eigenvalue weighted by Crippen LogP contribution is 2.26. The van der Waals surface area contributed by atoms with Crippen LogP contribution in [-0.4, -0.2) is 25.5 Å². The molecule has 4 heteroatoms. The summed E-state index contributed by atoms with van der Waals surface area (Å²) in [5, 5.41) is 6.46. The molecule has 21 heavy (non-hydrogen) atoms. The molecule has 1 aliphatic heterocycles. The second-order valence-corrected chi connectivity index (χ2v) is 6.19. The highest BCUT2D eigenvalue weighted by Gasteiger charge is 2.27. The Morgan fingerprint density at radius 3 is 2.43 bits per heavy atom. The van der Waals surface area contributed by atoms with Gasteiger partial charge in [-0.25, -0.2) is 0 Å². The number of amides is 1. The number of rotatable bonds is 5. The molecule has 118 valence electrons. The minimum Gasteiger partial charge on any atom is -0.351 e. The predicted molar refractivity (Wildman–Crippen MR) is 90.2 cm³/mol. The summed E-state index contributed by atoms with van der Waals surface area (Å²) in [6.45, 7) is 7.30. The maximum atomic E-state index is 12.2. The van der Waals surface area contributed by atoms with Gasteiger partial charge in [0.05, 0.1) is 0 Å². The summed E-state index contributed by atoms with van der Waals surface area (Å²) in [5.74, 6) is 0.0489. The van der Waals surface area contributed by atoms with Crippen LogP contribution in [0.5, 0.6) is 0 Å². The molecule has 1 fully saturated rings. The number of carbonyl (C=O) groups is 1. The van der Waals surface area contributed by atoms with Crippen molar-refractivity contribution < 1.29 is 4.79 Å². The highest BCUT2D eigenvalue weighted by molar-refractivity contribution is 5.94. The van der Waals surface area contributed by atoms with E-state index in [1.807, 2.05) is 12.1 Å². The monoisotopic (exact) mass is 310 g/mol. The van der Waals surface area contributed by atoms with Crippen LogP contribution in [0.2, 0.25) is 0 Å². The third kappa shape index (κ3) is 5.33. The molecule has 1 heterocycles. The molecule has 1 saturated heterocycles. The number of benzene rings is 1. The van der Waals surface area contributed by atoms with Gasteiger partial charge in [-0.15, -0.1) is 12.4 Å². The molecule has 3 nitrogen and oxygen atoms in total. The standard InChI is InChI=1S/C17H26N2O.ClH/c1-3-4-14-5-7-15(8-6-14)16(20)19-13-17(2)9-11-18-12-10-17;/h5-8,18H,3-4,9-13H2,1-2H3,(H,19,20);1H. The average Bonchev–Trinajstić information content (AvgIpc) is 2.47. The lowest BCUT2D eigenvalue weighted by molar-refractivity contribution is 0.0922. The smallest absolute Gasteiger partial charge is 0.251 e. The fourth-order valence-electron chi connectivity index (χ4n) is 2.71. The molecule has 0 unspecified atom stereocenters.